The number of aromatic nitrogens is 2. The largest absolute Gasteiger partial charge is 0.805 e. The standard InChI is InChI=1S/C10H7N3O5/c1-6-10(5-14)12(16)9-4-7(13(17)18)2-3-8(9)11(6)15/h2-5H,1H3. The fourth-order valence-electron chi connectivity index (χ4n) is 1.65. The number of hydrogen-bond donors (Lipinski definition) is 0. The van der Waals surface area contributed by atoms with Gasteiger partial charge in [0.25, 0.3) is 11.2 Å². The van der Waals surface area contributed by atoms with Crippen molar-refractivity contribution in [3.8, 4) is 0 Å². The minimum Gasteiger partial charge on any atom is -0.805 e. The van der Waals surface area contributed by atoms with E-state index in [1.807, 2.05) is 0 Å². The van der Waals surface area contributed by atoms with Gasteiger partial charge in [0, 0.05) is 11.0 Å². The van der Waals surface area contributed by atoms with Gasteiger partial charge >= 0.3 is 5.69 Å². The summed E-state index contributed by atoms with van der Waals surface area (Å²) in [6.45, 7) is 1.33. The van der Waals surface area contributed by atoms with Crippen LogP contribution < -0.4 is 4.43 Å². The van der Waals surface area contributed by atoms with Gasteiger partial charge in [-0.05, 0) is 13.0 Å². The summed E-state index contributed by atoms with van der Waals surface area (Å²) in [7, 11) is 0. The highest BCUT2D eigenvalue weighted by atomic mass is 16.6. The van der Waals surface area contributed by atoms with Gasteiger partial charge in [0.1, 0.15) is 5.52 Å². The third kappa shape index (κ3) is 1.51. The van der Waals surface area contributed by atoms with Gasteiger partial charge in [-0.1, -0.05) is 0 Å². The molecule has 18 heavy (non-hydrogen) atoms. The fraction of sp³-hybridized carbons (Fsp3) is 0.100. The first-order chi connectivity index (χ1) is 8.47. The van der Waals surface area contributed by atoms with Crippen LogP contribution in [-0.2, 0) is 0 Å². The minimum absolute atomic E-state index is 0.0290. The molecule has 0 atom stereocenters. The van der Waals surface area contributed by atoms with Gasteiger partial charge in [-0.15, -0.1) is 0 Å². The topological polar surface area (TPSA) is 111 Å². The maximum atomic E-state index is 11.8. The number of benzene rings is 1. The molecule has 2 aromatic rings. The molecule has 1 heterocycles. The average Bonchev–Trinajstić information content (AvgIpc) is 2.36. The van der Waals surface area contributed by atoms with Crippen molar-refractivity contribution in [3.05, 3.63) is 49.8 Å². The number of carbonyl (C=O) groups excluding carboxylic acids is 1. The molecule has 92 valence electrons. The molecule has 0 aliphatic heterocycles. The summed E-state index contributed by atoms with van der Waals surface area (Å²) in [6.07, 6.45) is 0.245. The van der Waals surface area contributed by atoms with Crippen LogP contribution in [-0.4, -0.2) is 15.9 Å². The molecule has 0 unspecified atom stereocenters. The Morgan fingerprint density at radius 1 is 1.44 bits per heavy atom. The predicted molar refractivity (Wildman–Crippen MR) is 60.8 cm³/mol. The molecule has 8 nitrogen and oxygen atoms in total. The highest BCUT2D eigenvalue weighted by molar-refractivity contribution is 5.79. The minimum atomic E-state index is -0.685. The van der Waals surface area contributed by atoms with Gasteiger partial charge < -0.3 is 9.94 Å². The van der Waals surface area contributed by atoms with Crippen LogP contribution in [0, 0.1) is 27.2 Å². The average molecular weight is 249 g/mol. The van der Waals surface area contributed by atoms with Crippen LogP contribution in [0.15, 0.2) is 18.2 Å². The van der Waals surface area contributed by atoms with Gasteiger partial charge in [0.15, 0.2) is 0 Å². The van der Waals surface area contributed by atoms with Crippen molar-refractivity contribution in [2.24, 2.45) is 0 Å². The quantitative estimate of drug-likeness (QED) is 0.340. The van der Waals surface area contributed by atoms with Crippen molar-refractivity contribution in [3.63, 3.8) is 0 Å². The normalized spacial score (nSPS) is 10.5. The second-order valence-electron chi connectivity index (χ2n) is 3.61. The Balaban J connectivity index is 2.99. The van der Waals surface area contributed by atoms with E-state index in [0.717, 1.165) is 12.1 Å². The van der Waals surface area contributed by atoms with E-state index < -0.39 is 4.92 Å². The molecule has 0 N–H and O–H groups in total. The lowest BCUT2D eigenvalue weighted by atomic mass is 10.2. The molecule has 0 saturated heterocycles. The Hall–Kier alpha value is -2.77. The highest BCUT2D eigenvalue weighted by Gasteiger charge is 2.21. The number of nitrogens with zero attached hydrogens (tertiary/aromatic N) is 3. The van der Waals surface area contributed by atoms with Gasteiger partial charge in [0.05, 0.1) is 21.1 Å². The van der Waals surface area contributed by atoms with E-state index in [9.17, 15) is 25.0 Å². The maximum absolute atomic E-state index is 11.8. The molecular weight excluding hydrogens is 242 g/mol. The van der Waals surface area contributed by atoms with Crippen LogP contribution in [0.5, 0.6) is 0 Å². The Morgan fingerprint density at radius 2 is 2.11 bits per heavy atom. The number of rotatable bonds is 2. The van der Waals surface area contributed by atoms with Crippen LogP contribution in [0.25, 0.3) is 11.0 Å². The molecule has 0 bridgehead atoms. The van der Waals surface area contributed by atoms with Gasteiger partial charge in [-0.3, -0.25) is 14.9 Å². The van der Waals surface area contributed by atoms with Crippen molar-refractivity contribution in [2.75, 3.05) is 0 Å². The van der Waals surface area contributed by atoms with Crippen molar-refractivity contribution >= 4 is 23.0 Å². The highest BCUT2D eigenvalue weighted by Crippen LogP contribution is 2.19. The van der Waals surface area contributed by atoms with Gasteiger partial charge in [-0.25, -0.2) is 0 Å². The molecule has 1 aromatic carbocycles. The molecule has 0 saturated carbocycles. The van der Waals surface area contributed by atoms with E-state index in [4.69, 9.17) is 0 Å². The fourth-order valence-corrected chi connectivity index (χ4v) is 1.65. The molecule has 8 heteroatoms. The molecule has 2 rings (SSSR count). The number of fused-ring (bicyclic) bond motifs is 1. The Morgan fingerprint density at radius 3 is 2.67 bits per heavy atom. The Bertz CT molecular complexity index is 734. The molecule has 1 aromatic heterocycles. The molecule has 0 spiro atoms. The summed E-state index contributed by atoms with van der Waals surface area (Å²) in [4.78, 5) is 32.5. The number of nitro groups is 1. The van der Waals surface area contributed by atoms with E-state index in [-0.39, 0.29) is 38.8 Å². The van der Waals surface area contributed by atoms with Gasteiger partial charge in [0.2, 0.25) is 6.29 Å². The summed E-state index contributed by atoms with van der Waals surface area (Å²) in [5.41, 5.74) is -0.988. The lowest BCUT2D eigenvalue weighted by Crippen LogP contribution is -2.26. The molecular formula is C10H7N3O5. The van der Waals surface area contributed by atoms with Crippen LogP contribution >= 0.6 is 0 Å². The number of non-ortho nitro benzene ring substituents is 1. The Kier molecular flexibility index (Phi) is 2.55. The number of aldehydes is 1. The van der Waals surface area contributed by atoms with Crippen molar-refractivity contribution in [2.45, 2.75) is 6.92 Å². The van der Waals surface area contributed by atoms with E-state index in [0.29, 0.717) is 4.73 Å². The molecule has 0 aliphatic rings. The number of carbonyl (C=O) groups is 1. The summed E-state index contributed by atoms with van der Waals surface area (Å²) in [6, 6.07) is 3.26. The first kappa shape index (κ1) is 11.7. The number of nitro benzene ring substituents is 1. The van der Waals surface area contributed by atoms with Crippen LogP contribution in [0.1, 0.15) is 16.2 Å². The maximum Gasteiger partial charge on any atom is 0.321 e. The second-order valence-corrected chi connectivity index (χ2v) is 3.61. The summed E-state index contributed by atoms with van der Waals surface area (Å²) >= 11 is 0. The van der Waals surface area contributed by atoms with Crippen LogP contribution in [0.2, 0.25) is 0 Å². The molecule has 0 radical (unpaired) electrons. The van der Waals surface area contributed by atoms with E-state index in [2.05, 4.69) is 0 Å². The predicted octanol–water partition coefficient (Wildman–Crippen LogP) is 0.931. The van der Waals surface area contributed by atoms with Crippen molar-refractivity contribution in [1.82, 2.24) is 4.73 Å². The summed E-state index contributed by atoms with van der Waals surface area (Å²) in [5, 5.41) is 22.4. The van der Waals surface area contributed by atoms with Crippen LogP contribution in [0.3, 0.4) is 0 Å². The smallest absolute Gasteiger partial charge is 0.321 e. The molecule has 0 amide bonds. The zero-order valence-electron chi connectivity index (χ0n) is 9.19. The van der Waals surface area contributed by atoms with Gasteiger partial charge in [-0.2, -0.15) is 0 Å². The third-order valence-electron chi connectivity index (χ3n) is 2.61. The first-order valence-corrected chi connectivity index (χ1v) is 4.86. The SMILES string of the molecule is Cc1c(C=O)[n+](=O)c2cc([N+](=O)[O-])ccc2n1[O-]. The number of hydrogen-bond acceptors (Lipinski definition) is 5. The summed E-state index contributed by atoms with van der Waals surface area (Å²) < 4.78 is 0.621. The first-order valence-electron chi connectivity index (χ1n) is 4.86. The molecule has 0 aliphatic carbocycles. The van der Waals surface area contributed by atoms with E-state index >= 15 is 0 Å². The summed E-state index contributed by atoms with van der Waals surface area (Å²) in [5.74, 6) is 0. The van der Waals surface area contributed by atoms with Crippen LogP contribution in [0.4, 0.5) is 5.69 Å². The Labute approximate surface area is 99.4 Å². The zero-order chi connectivity index (χ0) is 13.4. The second kappa shape index (κ2) is 3.91. The van der Waals surface area contributed by atoms with E-state index in [1.54, 1.807) is 0 Å². The lowest BCUT2D eigenvalue weighted by molar-refractivity contribution is -0.468. The lowest BCUT2D eigenvalue weighted by Gasteiger charge is -2.14. The molecule has 0 fully saturated rings. The zero-order valence-corrected chi connectivity index (χ0v) is 9.19. The van der Waals surface area contributed by atoms with E-state index in [1.165, 1.54) is 13.0 Å². The van der Waals surface area contributed by atoms with Crippen molar-refractivity contribution < 1.29 is 14.1 Å². The monoisotopic (exact) mass is 249 g/mol. The van der Waals surface area contributed by atoms with Crippen molar-refractivity contribution in [1.29, 1.82) is 0 Å². The third-order valence-corrected chi connectivity index (χ3v) is 2.61.